The molecule has 0 aliphatic carbocycles. The Morgan fingerprint density at radius 3 is 2.63 bits per heavy atom. The molecular formula is C13H14FNO4. The molecule has 6 heteroatoms. The molecule has 0 radical (unpaired) electrons. The van der Waals surface area contributed by atoms with Gasteiger partial charge in [0.15, 0.2) is 11.6 Å². The Bertz CT molecular complexity index is 513. The molecule has 0 aromatic heterocycles. The van der Waals surface area contributed by atoms with Crippen LogP contribution in [0.25, 0.3) is 0 Å². The van der Waals surface area contributed by atoms with Gasteiger partial charge >= 0.3 is 5.97 Å². The Morgan fingerprint density at radius 2 is 2.11 bits per heavy atom. The van der Waals surface area contributed by atoms with Crippen molar-refractivity contribution in [2.75, 3.05) is 14.2 Å². The molecular weight excluding hydrogens is 253 g/mol. The van der Waals surface area contributed by atoms with Crippen molar-refractivity contribution in [1.82, 2.24) is 4.90 Å². The van der Waals surface area contributed by atoms with Crippen LogP contribution in [0.15, 0.2) is 30.4 Å². The van der Waals surface area contributed by atoms with Gasteiger partial charge in [0.2, 0.25) is 5.91 Å². The maximum Gasteiger partial charge on any atom is 0.328 e. The zero-order chi connectivity index (χ0) is 14.4. The third-order valence-electron chi connectivity index (χ3n) is 2.38. The molecule has 1 amide bonds. The minimum absolute atomic E-state index is 0.128. The number of rotatable bonds is 5. The van der Waals surface area contributed by atoms with Crippen molar-refractivity contribution in [3.8, 4) is 5.75 Å². The highest BCUT2D eigenvalue weighted by molar-refractivity contribution is 5.93. The van der Waals surface area contributed by atoms with Gasteiger partial charge in [-0.1, -0.05) is 6.07 Å². The Kier molecular flexibility index (Phi) is 5.05. The van der Waals surface area contributed by atoms with Crippen LogP contribution in [0.2, 0.25) is 0 Å². The molecule has 0 bridgehead atoms. The monoisotopic (exact) mass is 267 g/mol. The van der Waals surface area contributed by atoms with Crippen molar-refractivity contribution in [2.24, 2.45) is 0 Å². The number of carbonyl (C=O) groups excluding carboxylic acids is 1. The van der Waals surface area contributed by atoms with E-state index in [2.05, 4.69) is 0 Å². The fraction of sp³-hybridized carbons (Fsp3) is 0.231. The number of halogens is 1. The second-order valence-electron chi connectivity index (χ2n) is 3.83. The minimum Gasteiger partial charge on any atom is -0.494 e. The van der Waals surface area contributed by atoms with Crippen LogP contribution in [0.3, 0.4) is 0 Å². The normalized spacial score (nSPS) is 10.5. The SMILES string of the molecule is COc1ccc(CN(C)C(=O)/C=C/C(=O)O)cc1F. The summed E-state index contributed by atoms with van der Waals surface area (Å²) >= 11 is 0. The number of nitrogens with zero attached hydrogens (tertiary/aromatic N) is 1. The fourth-order valence-corrected chi connectivity index (χ4v) is 1.43. The van der Waals surface area contributed by atoms with E-state index >= 15 is 0 Å². The molecule has 0 aliphatic heterocycles. The maximum atomic E-state index is 13.4. The van der Waals surface area contributed by atoms with Crippen molar-refractivity contribution in [2.45, 2.75) is 6.54 Å². The van der Waals surface area contributed by atoms with E-state index in [1.54, 1.807) is 6.07 Å². The number of carbonyl (C=O) groups is 2. The number of hydrogen-bond donors (Lipinski definition) is 1. The summed E-state index contributed by atoms with van der Waals surface area (Å²) in [4.78, 5) is 23.1. The number of likely N-dealkylation sites (N-methyl/N-ethyl adjacent to an activating group) is 1. The van der Waals surface area contributed by atoms with E-state index in [-0.39, 0.29) is 12.3 Å². The van der Waals surface area contributed by atoms with E-state index in [0.29, 0.717) is 5.56 Å². The van der Waals surface area contributed by atoms with Gasteiger partial charge in [-0.25, -0.2) is 9.18 Å². The largest absolute Gasteiger partial charge is 0.494 e. The Hall–Kier alpha value is -2.37. The maximum absolute atomic E-state index is 13.4. The Labute approximate surface area is 109 Å². The van der Waals surface area contributed by atoms with Crippen molar-refractivity contribution < 1.29 is 23.8 Å². The average Bonchev–Trinajstić information content (AvgIpc) is 2.36. The van der Waals surface area contributed by atoms with Gasteiger partial charge in [-0.2, -0.15) is 0 Å². The highest BCUT2D eigenvalue weighted by Crippen LogP contribution is 2.18. The smallest absolute Gasteiger partial charge is 0.328 e. The van der Waals surface area contributed by atoms with Gasteiger partial charge in [-0.3, -0.25) is 4.79 Å². The van der Waals surface area contributed by atoms with Crippen LogP contribution in [-0.4, -0.2) is 36.0 Å². The third kappa shape index (κ3) is 4.42. The molecule has 0 atom stereocenters. The number of benzene rings is 1. The highest BCUT2D eigenvalue weighted by Gasteiger charge is 2.09. The molecule has 19 heavy (non-hydrogen) atoms. The number of amides is 1. The number of aliphatic carboxylic acids is 1. The topological polar surface area (TPSA) is 66.8 Å². The van der Waals surface area contributed by atoms with Crippen molar-refractivity contribution in [1.29, 1.82) is 0 Å². The molecule has 0 spiro atoms. The summed E-state index contributed by atoms with van der Waals surface area (Å²) in [5.41, 5.74) is 0.581. The van der Waals surface area contributed by atoms with E-state index in [4.69, 9.17) is 9.84 Å². The molecule has 5 nitrogen and oxygen atoms in total. The second-order valence-corrected chi connectivity index (χ2v) is 3.83. The molecule has 1 aromatic rings. The van der Waals surface area contributed by atoms with Crippen LogP contribution in [0.4, 0.5) is 4.39 Å². The standard InChI is InChI=1S/C13H14FNO4/c1-15(12(16)5-6-13(17)18)8-9-3-4-11(19-2)10(14)7-9/h3-7H,8H2,1-2H3,(H,17,18)/b6-5+. The summed E-state index contributed by atoms with van der Waals surface area (Å²) in [6, 6.07) is 4.37. The van der Waals surface area contributed by atoms with Gasteiger partial charge in [0.1, 0.15) is 0 Å². The van der Waals surface area contributed by atoms with E-state index in [1.165, 1.54) is 31.2 Å². The van der Waals surface area contributed by atoms with Gasteiger partial charge in [0.25, 0.3) is 0 Å². The Balaban J connectivity index is 2.71. The number of methoxy groups -OCH3 is 1. The van der Waals surface area contributed by atoms with E-state index in [9.17, 15) is 14.0 Å². The lowest BCUT2D eigenvalue weighted by molar-refractivity contribution is -0.132. The van der Waals surface area contributed by atoms with Crippen LogP contribution in [0.1, 0.15) is 5.56 Å². The van der Waals surface area contributed by atoms with E-state index in [0.717, 1.165) is 12.2 Å². The molecule has 0 aliphatic rings. The molecule has 0 saturated carbocycles. The number of carboxylic acid groups (broad SMARTS) is 1. The summed E-state index contributed by atoms with van der Waals surface area (Å²) in [6.45, 7) is 0.170. The first-order valence-corrected chi connectivity index (χ1v) is 5.42. The molecule has 0 fully saturated rings. The highest BCUT2D eigenvalue weighted by atomic mass is 19.1. The number of carboxylic acids is 1. The third-order valence-corrected chi connectivity index (χ3v) is 2.38. The number of hydrogen-bond acceptors (Lipinski definition) is 3. The molecule has 0 heterocycles. The molecule has 102 valence electrons. The summed E-state index contributed by atoms with van der Waals surface area (Å²) in [5, 5.41) is 8.41. The first kappa shape index (κ1) is 14.7. The van der Waals surface area contributed by atoms with Crippen LogP contribution in [-0.2, 0) is 16.1 Å². The lowest BCUT2D eigenvalue weighted by Gasteiger charge is -2.15. The first-order chi connectivity index (χ1) is 8.93. The quantitative estimate of drug-likeness (QED) is 0.820. The van der Waals surface area contributed by atoms with E-state index in [1.807, 2.05) is 0 Å². The van der Waals surface area contributed by atoms with Crippen LogP contribution >= 0.6 is 0 Å². The van der Waals surface area contributed by atoms with Crippen molar-refractivity contribution >= 4 is 11.9 Å². The van der Waals surface area contributed by atoms with Gasteiger partial charge in [-0.05, 0) is 17.7 Å². The minimum atomic E-state index is -1.20. The van der Waals surface area contributed by atoms with Crippen molar-refractivity contribution in [3.05, 3.63) is 41.7 Å². The fourth-order valence-electron chi connectivity index (χ4n) is 1.43. The van der Waals surface area contributed by atoms with Crippen molar-refractivity contribution in [3.63, 3.8) is 0 Å². The lowest BCUT2D eigenvalue weighted by atomic mass is 10.2. The summed E-state index contributed by atoms with van der Waals surface area (Å²) in [7, 11) is 2.86. The number of ether oxygens (including phenoxy) is 1. The van der Waals surface area contributed by atoms with E-state index < -0.39 is 17.7 Å². The lowest BCUT2D eigenvalue weighted by Crippen LogP contribution is -2.24. The molecule has 0 unspecified atom stereocenters. The predicted molar refractivity (Wildman–Crippen MR) is 66.2 cm³/mol. The summed E-state index contributed by atoms with van der Waals surface area (Å²) < 4.78 is 18.2. The van der Waals surface area contributed by atoms with Gasteiger partial charge < -0.3 is 14.7 Å². The predicted octanol–water partition coefficient (Wildman–Crippen LogP) is 1.43. The average molecular weight is 267 g/mol. The molecule has 1 aromatic carbocycles. The molecule has 1 rings (SSSR count). The van der Waals surface area contributed by atoms with Crippen LogP contribution in [0, 0.1) is 5.82 Å². The summed E-state index contributed by atoms with van der Waals surface area (Å²) in [5.74, 6) is -2.05. The van der Waals surface area contributed by atoms with Gasteiger partial charge in [-0.15, -0.1) is 0 Å². The zero-order valence-corrected chi connectivity index (χ0v) is 10.6. The summed E-state index contributed by atoms with van der Waals surface area (Å²) in [6.07, 6.45) is 1.70. The Morgan fingerprint density at radius 1 is 1.42 bits per heavy atom. The first-order valence-electron chi connectivity index (χ1n) is 5.42. The van der Waals surface area contributed by atoms with Crippen LogP contribution < -0.4 is 4.74 Å². The zero-order valence-electron chi connectivity index (χ0n) is 10.6. The van der Waals surface area contributed by atoms with Crippen LogP contribution in [0.5, 0.6) is 5.75 Å². The molecule has 0 saturated heterocycles. The van der Waals surface area contributed by atoms with Gasteiger partial charge in [0, 0.05) is 25.7 Å². The van der Waals surface area contributed by atoms with Gasteiger partial charge in [0.05, 0.1) is 7.11 Å². The molecule has 1 N–H and O–H groups in total. The second kappa shape index (κ2) is 6.53.